The molecule has 0 aliphatic heterocycles. The normalized spacial score (nSPS) is 12.0. The van der Waals surface area contributed by atoms with Gasteiger partial charge >= 0.3 is 0 Å². The summed E-state index contributed by atoms with van der Waals surface area (Å²) < 4.78 is 3.10. The Morgan fingerprint density at radius 1 is 1.20 bits per heavy atom. The number of carbonyl (C=O) groups is 1. The lowest BCUT2D eigenvalue weighted by Gasteiger charge is -2.25. The molecule has 128 valence electrons. The Kier molecular flexibility index (Phi) is 4.47. The maximum atomic E-state index is 12.6. The molecule has 2 heterocycles. The Bertz CT molecular complexity index is 929. The number of hydrogen-bond acceptors (Lipinski definition) is 4. The van der Waals surface area contributed by atoms with Crippen LogP contribution in [0.15, 0.2) is 60.0 Å². The highest BCUT2D eigenvalue weighted by Crippen LogP contribution is 2.21. The van der Waals surface area contributed by atoms with Crippen LogP contribution in [0.5, 0.6) is 0 Å². The summed E-state index contributed by atoms with van der Waals surface area (Å²) in [7, 11) is 3.38. The molecule has 7 nitrogen and oxygen atoms in total. The molecule has 0 saturated heterocycles. The van der Waals surface area contributed by atoms with E-state index in [4.69, 9.17) is 0 Å². The quantitative estimate of drug-likeness (QED) is 0.728. The average Bonchev–Trinajstić information content (AvgIpc) is 3.17. The highest BCUT2D eigenvalue weighted by atomic mass is 16.2. The summed E-state index contributed by atoms with van der Waals surface area (Å²) in [6.45, 7) is 1.95. The lowest BCUT2D eigenvalue weighted by Crippen LogP contribution is -2.31. The van der Waals surface area contributed by atoms with E-state index < -0.39 is 0 Å². The van der Waals surface area contributed by atoms with Gasteiger partial charge in [0.1, 0.15) is 12.7 Å². The summed E-state index contributed by atoms with van der Waals surface area (Å²) in [6, 6.07) is 10.6. The molecule has 0 bridgehead atoms. The molecule has 0 saturated carbocycles. The van der Waals surface area contributed by atoms with Crippen molar-refractivity contribution in [1.82, 2.24) is 24.2 Å². The lowest BCUT2D eigenvalue weighted by molar-refractivity contribution is 0.0742. The van der Waals surface area contributed by atoms with Crippen LogP contribution in [0.2, 0.25) is 0 Å². The molecule has 1 unspecified atom stereocenters. The minimum atomic E-state index is -0.205. The van der Waals surface area contributed by atoms with Crippen LogP contribution in [0.25, 0.3) is 5.69 Å². The summed E-state index contributed by atoms with van der Waals surface area (Å²) >= 11 is 0. The van der Waals surface area contributed by atoms with Crippen LogP contribution in [-0.2, 0) is 7.05 Å². The van der Waals surface area contributed by atoms with Gasteiger partial charge in [-0.1, -0.05) is 12.1 Å². The maximum Gasteiger partial charge on any atom is 0.254 e. The zero-order chi connectivity index (χ0) is 18.0. The lowest BCUT2D eigenvalue weighted by atomic mass is 10.1. The van der Waals surface area contributed by atoms with Crippen molar-refractivity contribution in [3.63, 3.8) is 0 Å². The van der Waals surface area contributed by atoms with Crippen LogP contribution in [0, 0.1) is 0 Å². The third-order valence-corrected chi connectivity index (χ3v) is 4.31. The van der Waals surface area contributed by atoms with Crippen molar-refractivity contribution in [2.75, 3.05) is 7.05 Å². The van der Waals surface area contributed by atoms with Gasteiger partial charge in [-0.3, -0.25) is 9.59 Å². The fourth-order valence-electron chi connectivity index (χ4n) is 2.53. The van der Waals surface area contributed by atoms with Gasteiger partial charge in [-0.15, -0.1) is 0 Å². The fourth-order valence-corrected chi connectivity index (χ4v) is 2.53. The minimum absolute atomic E-state index is 0.138. The van der Waals surface area contributed by atoms with Gasteiger partial charge in [-0.2, -0.15) is 5.10 Å². The fraction of sp³-hybridized carbons (Fsp3) is 0.222. The van der Waals surface area contributed by atoms with Crippen LogP contribution < -0.4 is 5.56 Å². The number of pyridine rings is 1. The van der Waals surface area contributed by atoms with Crippen LogP contribution in [0.3, 0.4) is 0 Å². The molecular weight excluding hydrogens is 318 g/mol. The van der Waals surface area contributed by atoms with Crippen molar-refractivity contribution < 1.29 is 4.79 Å². The van der Waals surface area contributed by atoms with Gasteiger partial charge in [0.2, 0.25) is 0 Å². The second-order valence-electron chi connectivity index (χ2n) is 5.89. The SMILES string of the molecule is CC(c1ccc(-n2cncn2)cc1)N(C)C(=O)c1ccn(C)c(=O)c1. The van der Waals surface area contributed by atoms with Crippen LogP contribution in [0.4, 0.5) is 0 Å². The first-order valence-corrected chi connectivity index (χ1v) is 7.86. The van der Waals surface area contributed by atoms with Crippen LogP contribution in [-0.4, -0.2) is 37.2 Å². The van der Waals surface area contributed by atoms with Crippen LogP contribution in [0.1, 0.15) is 28.9 Å². The molecule has 3 rings (SSSR count). The molecular formula is C18H19N5O2. The summed E-state index contributed by atoms with van der Waals surface area (Å²) in [4.78, 5) is 29.9. The Morgan fingerprint density at radius 3 is 2.52 bits per heavy atom. The van der Waals surface area contributed by atoms with Gasteiger partial charge in [-0.05, 0) is 30.7 Å². The molecule has 0 spiro atoms. The average molecular weight is 337 g/mol. The first kappa shape index (κ1) is 16.6. The molecule has 7 heteroatoms. The van der Waals surface area contributed by atoms with E-state index in [1.165, 1.54) is 17.0 Å². The van der Waals surface area contributed by atoms with Crippen molar-refractivity contribution in [2.24, 2.45) is 7.05 Å². The Morgan fingerprint density at radius 2 is 1.92 bits per heavy atom. The topological polar surface area (TPSA) is 73.0 Å². The second kappa shape index (κ2) is 6.72. The van der Waals surface area contributed by atoms with E-state index in [9.17, 15) is 9.59 Å². The van der Waals surface area contributed by atoms with Crippen LogP contribution >= 0.6 is 0 Å². The molecule has 0 fully saturated rings. The Labute approximate surface area is 145 Å². The van der Waals surface area contributed by atoms with Crippen molar-refractivity contribution in [3.8, 4) is 5.69 Å². The number of rotatable bonds is 4. The highest BCUT2D eigenvalue weighted by Gasteiger charge is 2.19. The predicted molar refractivity (Wildman–Crippen MR) is 93.6 cm³/mol. The first-order valence-electron chi connectivity index (χ1n) is 7.86. The molecule has 1 atom stereocenters. The van der Waals surface area contributed by atoms with Gasteiger partial charge in [-0.25, -0.2) is 9.67 Å². The summed E-state index contributed by atoms with van der Waals surface area (Å²) in [6.07, 6.45) is 4.71. The zero-order valence-corrected chi connectivity index (χ0v) is 14.3. The minimum Gasteiger partial charge on any atom is -0.335 e. The first-order chi connectivity index (χ1) is 12.0. The second-order valence-corrected chi connectivity index (χ2v) is 5.89. The van der Waals surface area contributed by atoms with E-state index in [0.29, 0.717) is 5.56 Å². The molecule has 3 aromatic rings. The largest absolute Gasteiger partial charge is 0.335 e. The number of benzene rings is 1. The number of amides is 1. The van der Waals surface area contributed by atoms with Crippen molar-refractivity contribution >= 4 is 5.91 Å². The molecule has 1 amide bonds. The number of carbonyl (C=O) groups excluding carboxylic acids is 1. The van der Waals surface area contributed by atoms with E-state index in [0.717, 1.165) is 11.3 Å². The molecule has 2 aromatic heterocycles. The number of aromatic nitrogens is 4. The molecule has 1 aromatic carbocycles. The van der Waals surface area contributed by atoms with Gasteiger partial charge in [0.25, 0.3) is 11.5 Å². The van der Waals surface area contributed by atoms with Gasteiger partial charge in [0.15, 0.2) is 0 Å². The third-order valence-electron chi connectivity index (χ3n) is 4.31. The molecule has 0 N–H and O–H groups in total. The Hall–Kier alpha value is -3.22. The monoisotopic (exact) mass is 337 g/mol. The van der Waals surface area contributed by atoms with Gasteiger partial charge in [0, 0.05) is 31.9 Å². The number of aryl methyl sites for hydroxylation is 1. The van der Waals surface area contributed by atoms with Crippen molar-refractivity contribution in [1.29, 1.82) is 0 Å². The predicted octanol–water partition coefficient (Wildman–Crippen LogP) is 1.80. The van der Waals surface area contributed by atoms with E-state index in [-0.39, 0.29) is 17.5 Å². The van der Waals surface area contributed by atoms with E-state index >= 15 is 0 Å². The zero-order valence-electron chi connectivity index (χ0n) is 14.3. The molecule has 0 aliphatic carbocycles. The standard InChI is InChI=1S/C18H19N5O2/c1-13(14-4-6-16(7-5-14)23-12-19-11-20-23)22(3)18(25)15-8-9-21(2)17(24)10-15/h4-13H,1-3H3. The summed E-state index contributed by atoms with van der Waals surface area (Å²) in [5.41, 5.74) is 2.07. The van der Waals surface area contributed by atoms with E-state index in [2.05, 4.69) is 10.1 Å². The van der Waals surface area contributed by atoms with E-state index in [1.54, 1.807) is 42.3 Å². The van der Waals surface area contributed by atoms with Crippen molar-refractivity contribution in [2.45, 2.75) is 13.0 Å². The van der Waals surface area contributed by atoms with Gasteiger partial charge < -0.3 is 9.47 Å². The summed E-state index contributed by atoms with van der Waals surface area (Å²) in [5, 5.41) is 4.09. The smallest absolute Gasteiger partial charge is 0.254 e. The van der Waals surface area contributed by atoms with Crippen molar-refractivity contribution in [3.05, 3.63) is 76.7 Å². The third kappa shape index (κ3) is 3.35. The maximum absolute atomic E-state index is 12.6. The number of nitrogens with zero attached hydrogens (tertiary/aromatic N) is 5. The van der Waals surface area contributed by atoms with E-state index in [1.807, 2.05) is 31.2 Å². The summed E-state index contributed by atoms with van der Waals surface area (Å²) in [5.74, 6) is -0.189. The molecule has 0 aliphatic rings. The van der Waals surface area contributed by atoms with Gasteiger partial charge in [0.05, 0.1) is 11.7 Å². The molecule has 25 heavy (non-hydrogen) atoms. The highest BCUT2D eigenvalue weighted by molar-refractivity contribution is 5.94. The Balaban J connectivity index is 1.79. The number of hydrogen-bond donors (Lipinski definition) is 0. The molecule has 0 radical (unpaired) electrons.